The third kappa shape index (κ3) is 4.05. The van der Waals surface area contributed by atoms with Gasteiger partial charge in [0.1, 0.15) is 17.3 Å². The highest BCUT2D eigenvalue weighted by Gasteiger charge is 2.40. The van der Waals surface area contributed by atoms with E-state index in [-0.39, 0.29) is 11.3 Å². The molecule has 0 saturated heterocycles. The molecule has 1 aliphatic rings. The Morgan fingerprint density at radius 3 is 2.39 bits per heavy atom. The van der Waals surface area contributed by atoms with Gasteiger partial charge in [-0.25, -0.2) is 9.29 Å². The van der Waals surface area contributed by atoms with Gasteiger partial charge in [-0.05, 0) is 61.4 Å². The summed E-state index contributed by atoms with van der Waals surface area (Å²) in [6.07, 6.45) is 0. The van der Waals surface area contributed by atoms with Gasteiger partial charge in [0.25, 0.3) is 11.8 Å². The van der Waals surface area contributed by atoms with Crippen LogP contribution in [0.25, 0.3) is 5.57 Å². The number of ether oxygens (including phenoxy) is 1. The first kappa shape index (κ1) is 20.3. The molecule has 0 aliphatic carbocycles. The number of anilines is 2. The summed E-state index contributed by atoms with van der Waals surface area (Å²) in [6.45, 7) is 4.26. The number of hydrogen-bond donors (Lipinski definition) is 1. The Morgan fingerprint density at radius 1 is 0.935 bits per heavy atom. The lowest BCUT2D eigenvalue weighted by Gasteiger charge is -2.16. The summed E-state index contributed by atoms with van der Waals surface area (Å²) in [5.41, 5.74) is 2.88. The number of imide groups is 1. The molecule has 3 aromatic carbocycles. The van der Waals surface area contributed by atoms with Crippen molar-refractivity contribution in [2.24, 2.45) is 0 Å². The zero-order valence-corrected chi connectivity index (χ0v) is 17.2. The molecule has 0 radical (unpaired) electrons. The van der Waals surface area contributed by atoms with E-state index in [9.17, 15) is 14.0 Å². The van der Waals surface area contributed by atoms with Gasteiger partial charge < -0.3 is 10.1 Å². The molecule has 5 nitrogen and oxygen atoms in total. The highest BCUT2D eigenvalue weighted by atomic mass is 19.1. The highest BCUT2D eigenvalue weighted by Crippen LogP contribution is 2.35. The van der Waals surface area contributed by atoms with Crippen molar-refractivity contribution in [3.8, 4) is 5.75 Å². The lowest BCUT2D eigenvalue weighted by molar-refractivity contribution is -0.120. The lowest BCUT2D eigenvalue weighted by Crippen LogP contribution is -2.32. The molecule has 6 heteroatoms. The van der Waals surface area contributed by atoms with Crippen molar-refractivity contribution < 1.29 is 18.7 Å². The Bertz CT molecular complexity index is 1190. The van der Waals surface area contributed by atoms with E-state index in [0.29, 0.717) is 29.3 Å². The minimum absolute atomic E-state index is 0.143. The zero-order valence-electron chi connectivity index (χ0n) is 17.2. The van der Waals surface area contributed by atoms with Crippen molar-refractivity contribution in [2.75, 3.05) is 16.8 Å². The van der Waals surface area contributed by atoms with E-state index in [1.807, 2.05) is 38.1 Å². The van der Waals surface area contributed by atoms with E-state index in [2.05, 4.69) is 5.32 Å². The van der Waals surface area contributed by atoms with Gasteiger partial charge in [0.05, 0.1) is 17.9 Å². The van der Waals surface area contributed by atoms with Crippen LogP contribution >= 0.6 is 0 Å². The van der Waals surface area contributed by atoms with Crippen molar-refractivity contribution in [1.82, 2.24) is 0 Å². The number of halogens is 1. The topological polar surface area (TPSA) is 58.6 Å². The molecule has 31 heavy (non-hydrogen) atoms. The first-order valence-electron chi connectivity index (χ1n) is 9.93. The number of carbonyl (C=O) groups excluding carboxylic acids is 2. The Labute approximate surface area is 179 Å². The predicted molar refractivity (Wildman–Crippen MR) is 118 cm³/mol. The third-order valence-electron chi connectivity index (χ3n) is 4.89. The van der Waals surface area contributed by atoms with Gasteiger partial charge >= 0.3 is 0 Å². The monoisotopic (exact) mass is 416 g/mol. The summed E-state index contributed by atoms with van der Waals surface area (Å²) in [5, 5.41) is 3.11. The van der Waals surface area contributed by atoms with Crippen LogP contribution in [0.1, 0.15) is 18.1 Å². The summed E-state index contributed by atoms with van der Waals surface area (Å²) in [5.74, 6) is -0.834. The van der Waals surface area contributed by atoms with E-state index in [0.717, 1.165) is 10.5 Å². The molecule has 0 spiro atoms. The zero-order chi connectivity index (χ0) is 22.0. The van der Waals surface area contributed by atoms with Crippen LogP contribution in [-0.2, 0) is 9.59 Å². The number of benzene rings is 3. The number of nitrogens with zero attached hydrogens (tertiary/aromatic N) is 1. The predicted octanol–water partition coefficient (Wildman–Crippen LogP) is 4.93. The van der Waals surface area contributed by atoms with Gasteiger partial charge in [-0.2, -0.15) is 0 Å². The Kier molecular flexibility index (Phi) is 5.54. The fourth-order valence-electron chi connectivity index (χ4n) is 3.51. The van der Waals surface area contributed by atoms with Gasteiger partial charge in [0.2, 0.25) is 0 Å². The molecule has 0 bridgehead atoms. The Balaban J connectivity index is 1.80. The number of carbonyl (C=O) groups is 2. The summed E-state index contributed by atoms with van der Waals surface area (Å²) >= 11 is 0. The van der Waals surface area contributed by atoms with Gasteiger partial charge in [-0.3, -0.25) is 9.59 Å². The molecule has 2 amide bonds. The highest BCUT2D eigenvalue weighted by molar-refractivity contribution is 6.46. The van der Waals surface area contributed by atoms with E-state index in [1.165, 1.54) is 24.3 Å². The average molecular weight is 416 g/mol. The molecule has 0 unspecified atom stereocenters. The summed E-state index contributed by atoms with van der Waals surface area (Å²) in [4.78, 5) is 27.9. The molecule has 1 aliphatic heterocycles. The molecule has 0 fully saturated rings. The smallest absolute Gasteiger partial charge is 0.282 e. The standard InChI is InChI=1S/C25H21FN2O3/c1-3-31-21-9-5-8-20(15-21)28-24(29)22(17-10-12-18(26)13-11-17)23(25(28)30)27-19-7-4-6-16(2)14-19/h4-15,27H,3H2,1-2H3. The Morgan fingerprint density at radius 2 is 1.68 bits per heavy atom. The van der Waals surface area contributed by atoms with Crippen LogP contribution in [0.5, 0.6) is 5.75 Å². The van der Waals surface area contributed by atoms with Gasteiger partial charge in [-0.1, -0.05) is 30.3 Å². The molecule has 0 saturated carbocycles. The van der Waals surface area contributed by atoms with Crippen molar-refractivity contribution in [1.29, 1.82) is 0 Å². The van der Waals surface area contributed by atoms with E-state index in [1.54, 1.807) is 24.3 Å². The fraction of sp³-hybridized carbons (Fsp3) is 0.120. The number of nitrogens with one attached hydrogen (secondary N) is 1. The van der Waals surface area contributed by atoms with Crippen molar-refractivity contribution in [3.05, 3.63) is 95.4 Å². The van der Waals surface area contributed by atoms with Crippen LogP contribution in [-0.4, -0.2) is 18.4 Å². The van der Waals surface area contributed by atoms with Crippen LogP contribution in [0.4, 0.5) is 15.8 Å². The van der Waals surface area contributed by atoms with Crippen LogP contribution in [0.3, 0.4) is 0 Å². The molecular weight excluding hydrogens is 395 g/mol. The van der Waals surface area contributed by atoms with Crippen LogP contribution < -0.4 is 15.0 Å². The van der Waals surface area contributed by atoms with Crippen molar-refractivity contribution in [3.63, 3.8) is 0 Å². The van der Waals surface area contributed by atoms with Gasteiger partial charge in [-0.15, -0.1) is 0 Å². The van der Waals surface area contributed by atoms with E-state index >= 15 is 0 Å². The van der Waals surface area contributed by atoms with Crippen LogP contribution in [0.2, 0.25) is 0 Å². The maximum Gasteiger partial charge on any atom is 0.282 e. The van der Waals surface area contributed by atoms with Gasteiger partial charge in [0, 0.05) is 11.8 Å². The lowest BCUT2D eigenvalue weighted by atomic mass is 10.0. The number of amides is 2. The first-order valence-corrected chi connectivity index (χ1v) is 9.93. The minimum Gasteiger partial charge on any atom is -0.494 e. The SMILES string of the molecule is CCOc1cccc(N2C(=O)C(Nc3cccc(C)c3)=C(c3ccc(F)cc3)C2=O)c1. The first-order chi connectivity index (χ1) is 15.0. The molecule has 1 heterocycles. The molecule has 3 aromatic rings. The summed E-state index contributed by atoms with van der Waals surface area (Å²) in [7, 11) is 0. The maximum absolute atomic E-state index is 13.5. The van der Waals surface area contributed by atoms with Crippen molar-refractivity contribution in [2.45, 2.75) is 13.8 Å². The summed E-state index contributed by atoms with van der Waals surface area (Å²) < 4.78 is 19.0. The second-order valence-corrected chi connectivity index (χ2v) is 7.13. The van der Waals surface area contributed by atoms with Crippen LogP contribution in [0, 0.1) is 12.7 Å². The number of rotatable bonds is 6. The number of aryl methyl sites for hydroxylation is 1. The largest absolute Gasteiger partial charge is 0.494 e. The quantitative estimate of drug-likeness (QED) is 0.579. The minimum atomic E-state index is -0.487. The fourth-order valence-corrected chi connectivity index (χ4v) is 3.51. The van der Waals surface area contributed by atoms with E-state index in [4.69, 9.17) is 4.74 Å². The third-order valence-corrected chi connectivity index (χ3v) is 4.89. The van der Waals surface area contributed by atoms with Crippen molar-refractivity contribution >= 4 is 28.8 Å². The summed E-state index contributed by atoms with van der Waals surface area (Å²) in [6, 6.07) is 19.8. The van der Waals surface area contributed by atoms with Gasteiger partial charge in [0.15, 0.2) is 0 Å². The molecule has 0 atom stereocenters. The van der Waals surface area contributed by atoms with Crippen LogP contribution in [0.15, 0.2) is 78.5 Å². The van der Waals surface area contributed by atoms with E-state index < -0.39 is 17.6 Å². The average Bonchev–Trinajstić information content (AvgIpc) is 2.99. The normalized spacial score (nSPS) is 13.7. The maximum atomic E-state index is 13.5. The molecule has 156 valence electrons. The number of hydrogen-bond acceptors (Lipinski definition) is 4. The molecule has 1 N–H and O–H groups in total. The molecule has 0 aromatic heterocycles. The molecular formula is C25H21FN2O3. The second kappa shape index (κ2) is 8.44. The molecule has 4 rings (SSSR count). The Hall–Kier alpha value is -3.93. The second-order valence-electron chi connectivity index (χ2n) is 7.13.